The van der Waals surface area contributed by atoms with Gasteiger partial charge in [-0.15, -0.1) is 11.3 Å². The first-order valence-corrected chi connectivity index (χ1v) is 7.47. The van der Waals surface area contributed by atoms with Crippen molar-refractivity contribution >= 4 is 11.3 Å². The molecule has 17 heavy (non-hydrogen) atoms. The van der Waals surface area contributed by atoms with E-state index >= 15 is 0 Å². The summed E-state index contributed by atoms with van der Waals surface area (Å²) in [6.45, 7) is 9.98. The van der Waals surface area contributed by atoms with Gasteiger partial charge in [0.1, 0.15) is 0 Å². The van der Waals surface area contributed by atoms with E-state index in [2.05, 4.69) is 36.4 Å². The first kappa shape index (κ1) is 13.0. The van der Waals surface area contributed by atoms with Crippen molar-refractivity contribution in [3.8, 4) is 0 Å². The maximum absolute atomic E-state index is 4.71. The van der Waals surface area contributed by atoms with Gasteiger partial charge in [-0.3, -0.25) is 4.90 Å². The van der Waals surface area contributed by atoms with Gasteiger partial charge in [0.2, 0.25) is 0 Å². The molecule has 3 nitrogen and oxygen atoms in total. The summed E-state index contributed by atoms with van der Waals surface area (Å²) in [5, 5.41) is 7.03. The van der Waals surface area contributed by atoms with Crippen LogP contribution in [0.2, 0.25) is 0 Å². The van der Waals surface area contributed by atoms with Crippen LogP contribution in [-0.4, -0.2) is 35.1 Å². The Morgan fingerprint density at radius 3 is 3.12 bits per heavy atom. The molecule has 0 radical (unpaired) electrons. The first-order valence-electron chi connectivity index (χ1n) is 6.59. The summed E-state index contributed by atoms with van der Waals surface area (Å²) in [7, 11) is 0. The van der Waals surface area contributed by atoms with E-state index in [-0.39, 0.29) is 0 Å². The molecule has 2 rings (SSSR count). The van der Waals surface area contributed by atoms with Crippen LogP contribution >= 0.6 is 11.3 Å². The molecule has 4 heteroatoms. The maximum atomic E-state index is 4.71. The average molecular weight is 253 g/mol. The predicted octanol–water partition coefficient (Wildman–Crippen LogP) is 2.28. The fourth-order valence-corrected chi connectivity index (χ4v) is 3.17. The van der Waals surface area contributed by atoms with Crippen LogP contribution in [-0.2, 0) is 13.0 Å². The second-order valence-corrected chi connectivity index (χ2v) is 6.01. The highest BCUT2D eigenvalue weighted by molar-refractivity contribution is 7.09. The third-order valence-electron chi connectivity index (χ3n) is 3.32. The van der Waals surface area contributed by atoms with Gasteiger partial charge >= 0.3 is 0 Å². The fourth-order valence-electron chi connectivity index (χ4n) is 2.28. The summed E-state index contributed by atoms with van der Waals surface area (Å²) < 4.78 is 0. The Hall–Kier alpha value is -0.450. The quantitative estimate of drug-likeness (QED) is 0.892. The van der Waals surface area contributed by atoms with Crippen molar-refractivity contribution in [1.29, 1.82) is 0 Å². The van der Waals surface area contributed by atoms with Crippen molar-refractivity contribution in [3.05, 3.63) is 16.1 Å². The number of nitrogens with one attached hydrogen (secondary N) is 1. The van der Waals surface area contributed by atoms with Crippen LogP contribution in [0.5, 0.6) is 0 Å². The highest BCUT2D eigenvalue weighted by atomic mass is 32.1. The molecular weight excluding hydrogens is 230 g/mol. The summed E-state index contributed by atoms with van der Waals surface area (Å²) >= 11 is 1.81. The Balaban J connectivity index is 1.94. The molecule has 1 aromatic heterocycles. The molecule has 2 atom stereocenters. The van der Waals surface area contributed by atoms with E-state index in [1.807, 2.05) is 11.3 Å². The maximum Gasteiger partial charge on any atom is 0.0928 e. The Labute approximate surface area is 108 Å². The summed E-state index contributed by atoms with van der Waals surface area (Å²) in [5.74, 6) is 0. The Kier molecular flexibility index (Phi) is 4.54. The highest BCUT2D eigenvalue weighted by Crippen LogP contribution is 2.16. The van der Waals surface area contributed by atoms with Crippen molar-refractivity contribution < 1.29 is 0 Å². The molecule has 0 amide bonds. The summed E-state index contributed by atoms with van der Waals surface area (Å²) in [6, 6.07) is 1.21. The summed E-state index contributed by atoms with van der Waals surface area (Å²) in [4.78, 5) is 7.24. The highest BCUT2D eigenvalue weighted by Gasteiger charge is 2.22. The Morgan fingerprint density at radius 2 is 2.35 bits per heavy atom. The van der Waals surface area contributed by atoms with E-state index < -0.39 is 0 Å². The molecule has 1 N–H and O–H groups in total. The first-order chi connectivity index (χ1) is 8.19. The van der Waals surface area contributed by atoms with Gasteiger partial charge in [0.15, 0.2) is 0 Å². The van der Waals surface area contributed by atoms with Gasteiger partial charge in [0, 0.05) is 37.1 Å². The zero-order chi connectivity index (χ0) is 12.3. The van der Waals surface area contributed by atoms with Gasteiger partial charge in [0.25, 0.3) is 0 Å². The SMILES string of the molecule is CCCc1nc(CN2CC(C)NCC2C)cs1. The summed E-state index contributed by atoms with van der Waals surface area (Å²) in [5.41, 5.74) is 1.25. The third kappa shape index (κ3) is 3.50. The molecule has 2 unspecified atom stereocenters. The molecule has 0 aromatic carbocycles. The largest absolute Gasteiger partial charge is 0.311 e. The minimum atomic E-state index is 0.597. The van der Waals surface area contributed by atoms with Gasteiger partial charge < -0.3 is 5.32 Å². The average Bonchev–Trinajstić information content (AvgIpc) is 2.72. The molecule has 1 fully saturated rings. The molecule has 1 saturated heterocycles. The van der Waals surface area contributed by atoms with Crippen LogP contribution in [0.1, 0.15) is 37.9 Å². The van der Waals surface area contributed by atoms with Gasteiger partial charge in [-0.1, -0.05) is 6.92 Å². The number of aromatic nitrogens is 1. The van der Waals surface area contributed by atoms with Crippen molar-refractivity contribution in [2.24, 2.45) is 0 Å². The number of thiazole rings is 1. The standard InChI is InChI=1S/C13H23N3S/c1-4-5-13-15-12(9-17-13)8-16-7-10(2)14-6-11(16)3/h9-11,14H,4-8H2,1-3H3. The monoisotopic (exact) mass is 253 g/mol. The molecule has 2 heterocycles. The van der Waals surface area contributed by atoms with Crippen LogP contribution in [0.15, 0.2) is 5.38 Å². The number of nitrogens with zero attached hydrogens (tertiary/aromatic N) is 2. The fraction of sp³-hybridized carbons (Fsp3) is 0.769. The molecule has 1 aliphatic rings. The lowest BCUT2D eigenvalue weighted by molar-refractivity contribution is 0.137. The third-order valence-corrected chi connectivity index (χ3v) is 4.28. The van der Waals surface area contributed by atoms with E-state index in [1.54, 1.807) is 0 Å². The van der Waals surface area contributed by atoms with Gasteiger partial charge in [-0.25, -0.2) is 4.98 Å². The molecule has 0 aliphatic carbocycles. The minimum absolute atomic E-state index is 0.597. The van der Waals surface area contributed by atoms with Crippen LogP contribution in [0, 0.1) is 0 Å². The number of hydrogen-bond acceptors (Lipinski definition) is 4. The predicted molar refractivity (Wildman–Crippen MR) is 73.4 cm³/mol. The van der Waals surface area contributed by atoms with E-state index in [0.29, 0.717) is 12.1 Å². The van der Waals surface area contributed by atoms with Crippen LogP contribution in [0.4, 0.5) is 0 Å². The normalized spacial score (nSPS) is 26.3. The van der Waals surface area contributed by atoms with Crippen LogP contribution in [0.25, 0.3) is 0 Å². The second kappa shape index (κ2) is 5.94. The number of rotatable bonds is 4. The lowest BCUT2D eigenvalue weighted by Crippen LogP contribution is -2.53. The topological polar surface area (TPSA) is 28.2 Å². The number of aryl methyl sites for hydroxylation is 1. The number of piperazine rings is 1. The molecule has 1 aliphatic heterocycles. The molecule has 0 spiro atoms. The molecule has 0 saturated carbocycles. The zero-order valence-corrected chi connectivity index (χ0v) is 11.9. The summed E-state index contributed by atoms with van der Waals surface area (Å²) in [6.07, 6.45) is 2.31. The lowest BCUT2D eigenvalue weighted by Gasteiger charge is -2.37. The van der Waals surface area contributed by atoms with Crippen LogP contribution in [0.3, 0.4) is 0 Å². The van der Waals surface area contributed by atoms with Crippen molar-refractivity contribution in [3.63, 3.8) is 0 Å². The Morgan fingerprint density at radius 1 is 1.53 bits per heavy atom. The van der Waals surface area contributed by atoms with Crippen molar-refractivity contribution in [2.75, 3.05) is 13.1 Å². The van der Waals surface area contributed by atoms with E-state index in [9.17, 15) is 0 Å². The molecule has 96 valence electrons. The van der Waals surface area contributed by atoms with E-state index in [0.717, 1.165) is 26.1 Å². The van der Waals surface area contributed by atoms with Crippen LogP contribution < -0.4 is 5.32 Å². The minimum Gasteiger partial charge on any atom is -0.311 e. The van der Waals surface area contributed by atoms with E-state index in [1.165, 1.54) is 17.1 Å². The smallest absolute Gasteiger partial charge is 0.0928 e. The van der Waals surface area contributed by atoms with Crippen molar-refractivity contribution in [2.45, 2.75) is 52.2 Å². The lowest BCUT2D eigenvalue weighted by atomic mass is 10.1. The molecule has 0 bridgehead atoms. The van der Waals surface area contributed by atoms with Crippen molar-refractivity contribution in [1.82, 2.24) is 15.2 Å². The van der Waals surface area contributed by atoms with Gasteiger partial charge in [-0.2, -0.15) is 0 Å². The Bertz CT molecular complexity index is 350. The van der Waals surface area contributed by atoms with Gasteiger partial charge in [-0.05, 0) is 26.7 Å². The molecule has 1 aromatic rings. The van der Waals surface area contributed by atoms with E-state index in [4.69, 9.17) is 4.98 Å². The molecular formula is C13H23N3S. The second-order valence-electron chi connectivity index (χ2n) is 5.07. The van der Waals surface area contributed by atoms with Gasteiger partial charge in [0.05, 0.1) is 10.7 Å². The zero-order valence-electron chi connectivity index (χ0n) is 11.1. The number of hydrogen-bond donors (Lipinski definition) is 1.